The Labute approximate surface area is 151 Å². The van der Waals surface area contributed by atoms with Gasteiger partial charge >= 0.3 is 12.1 Å². The molecule has 138 valence electrons. The number of carbonyl (C=O) groups is 1. The number of benzene rings is 1. The van der Waals surface area contributed by atoms with Crippen molar-refractivity contribution in [3.63, 3.8) is 0 Å². The second-order valence-corrected chi connectivity index (χ2v) is 5.57. The first-order valence-corrected chi connectivity index (χ1v) is 7.66. The van der Waals surface area contributed by atoms with Gasteiger partial charge in [0.05, 0.1) is 5.56 Å². The molecular weight excluding hydrogens is 375 g/mol. The molecule has 0 aliphatic carbocycles. The van der Waals surface area contributed by atoms with Gasteiger partial charge in [-0.2, -0.15) is 13.2 Å². The summed E-state index contributed by atoms with van der Waals surface area (Å²) in [6.07, 6.45) is -0.677. The van der Waals surface area contributed by atoms with Crippen molar-refractivity contribution in [2.24, 2.45) is 0 Å². The van der Waals surface area contributed by atoms with Crippen LogP contribution in [-0.2, 0) is 11.0 Å². The van der Waals surface area contributed by atoms with E-state index >= 15 is 0 Å². The highest BCUT2D eigenvalue weighted by Gasteiger charge is 2.31. The second-order valence-electron chi connectivity index (χ2n) is 5.17. The van der Waals surface area contributed by atoms with Crippen LogP contribution >= 0.6 is 11.6 Å². The van der Waals surface area contributed by atoms with Crippen LogP contribution in [0.2, 0.25) is 5.02 Å². The van der Waals surface area contributed by atoms with Gasteiger partial charge in [0.25, 0.3) is 0 Å². The highest BCUT2D eigenvalue weighted by atomic mass is 35.5. The van der Waals surface area contributed by atoms with Crippen LogP contribution in [0.15, 0.2) is 36.5 Å². The first-order valence-electron chi connectivity index (χ1n) is 7.29. The number of alkyl halides is 3. The SMILES string of the molecule is O=C(O)CC/C=C/c1cc(Oc2ncc(C(F)(F)F)cc2Cl)ccc1O. The third kappa shape index (κ3) is 5.38. The number of hydrogen-bond donors (Lipinski definition) is 2. The number of carboxylic acids is 1. The smallest absolute Gasteiger partial charge is 0.417 e. The number of aromatic hydroxyl groups is 1. The summed E-state index contributed by atoms with van der Waals surface area (Å²) in [5.41, 5.74) is -0.654. The van der Waals surface area contributed by atoms with Gasteiger partial charge in [0.1, 0.15) is 16.5 Å². The molecule has 0 amide bonds. The van der Waals surface area contributed by atoms with Crippen molar-refractivity contribution in [1.82, 2.24) is 4.98 Å². The van der Waals surface area contributed by atoms with Crippen LogP contribution in [0.4, 0.5) is 13.2 Å². The lowest BCUT2D eigenvalue weighted by atomic mass is 10.1. The number of rotatable bonds is 6. The molecule has 0 fully saturated rings. The van der Waals surface area contributed by atoms with Crippen LogP contribution in [0.1, 0.15) is 24.0 Å². The molecule has 0 aliphatic rings. The summed E-state index contributed by atoms with van der Waals surface area (Å²) in [7, 11) is 0. The molecular formula is C17H13ClF3NO4. The molecule has 2 N–H and O–H groups in total. The number of carboxylic acid groups (broad SMARTS) is 1. The fourth-order valence-electron chi connectivity index (χ4n) is 1.91. The van der Waals surface area contributed by atoms with Crippen molar-refractivity contribution in [3.8, 4) is 17.4 Å². The van der Waals surface area contributed by atoms with Crippen LogP contribution < -0.4 is 4.74 Å². The summed E-state index contributed by atoms with van der Waals surface area (Å²) in [5, 5.41) is 18.1. The molecule has 2 aromatic rings. The number of allylic oxidation sites excluding steroid dienone is 1. The quantitative estimate of drug-likeness (QED) is 0.718. The van der Waals surface area contributed by atoms with Gasteiger partial charge in [-0.15, -0.1) is 0 Å². The molecule has 0 saturated carbocycles. The summed E-state index contributed by atoms with van der Waals surface area (Å²) in [5.74, 6) is -1.05. The first-order chi connectivity index (χ1) is 12.2. The summed E-state index contributed by atoms with van der Waals surface area (Å²) in [6.45, 7) is 0. The van der Waals surface area contributed by atoms with Gasteiger partial charge in [-0.05, 0) is 30.7 Å². The van der Waals surface area contributed by atoms with Gasteiger partial charge in [0, 0.05) is 18.2 Å². The van der Waals surface area contributed by atoms with E-state index in [1.165, 1.54) is 24.3 Å². The number of phenols is 1. The summed E-state index contributed by atoms with van der Waals surface area (Å²) < 4.78 is 43.2. The molecule has 0 radical (unpaired) electrons. The monoisotopic (exact) mass is 387 g/mol. The summed E-state index contributed by atoms with van der Waals surface area (Å²) >= 11 is 5.78. The maximum atomic E-state index is 12.6. The number of hydrogen-bond acceptors (Lipinski definition) is 4. The highest BCUT2D eigenvalue weighted by molar-refractivity contribution is 6.31. The van der Waals surface area contributed by atoms with Crippen molar-refractivity contribution in [1.29, 1.82) is 0 Å². The fourth-order valence-corrected chi connectivity index (χ4v) is 2.12. The van der Waals surface area contributed by atoms with E-state index in [-0.39, 0.29) is 35.2 Å². The molecule has 1 aromatic carbocycles. The molecule has 1 aromatic heterocycles. The van der Waals surface area contributed by atoms with Gasteiger partial charge in [-0.1, -0.05) is 23.8 Å². The molecule has 26 heavy (non-hydrogen) atoms. The maximum absolute atomic E-state index is 12.6. The molecule has 9 heteroatoms. The second kappa shape index (κ2) is 8.09. The standard InChI is InChI=1S/C17H13ClF3NO4/c18-13-8-11(17(19,20)21)9-22-16(13)26-12-5-6-14(23)10(7-12)3-1-2-4-15(24)25/h1,3,5-9,23H,2,4H2,(H,24,25)/b3-1+. The van der Waals surface area contributed by atoms with Crippen LogP contribution in [0.25, 0.3) is 6.08 Å². The number of halogens is 4. The zero-order valence-electron chi connectivity index (χ0n) is 13.1. The Bertz CT molecular complexity index is 837. The molecule has 0 spiro atoms. The lowest BCUT2D eigenvalue weighted by Crippen LogP contribution is -2.05. The number of ether oxygens (including phenoxy) is 1. The molecule has 5 nitrogen and oxygen atoms in total. The van der Waals surface area contributed by atoms with Crippen LogP contribution in [0, 0.1) is 0 Å². The Morgan fingerprint density at radius 1 is 1.31 bits per heavy atom. The van der Waals surface area contributed by atoms with E-state index in [0.29, 0.717) is 17.8 Å². The largest absolute Gasteiger partial charge is 0.507 e. The average molecular weight is 388 g/mol. The van der Waals surface area contributed by atoms with E-state index in [2.05, 4.69) is 4.98 Å². The molecule has 0 atom stereocenters. The lowest BCUT2D eigenvalue weighted by Gasteiger charge is -2.11. The zero-order chi connectivity index (χ0) is 19.3. The number of nitrogens with zero attached hydrogens (tertiary/aromatic N) is 1. The van der Waals surface area contributed by atoms with Crippen molar-refractivity contribution < 1.29 is 32.9 Å². The average Bonchev–Trinajstić information content (AvgIpc) is 2.55. The van der Waals surface area contributed by atoms with E-state index < -0.39 is 17.7 Å². The minimum atomic E-state index is -4.57. The maximum Gasteiger partial charge on any atom is 0.417 e. The van der Waals surface area contributed by atoms with E-state index in [1.54, 1.807) is 6.08 Å². The summed E-state index contributed by atoms with van der Waals surface area (Å²) in [4.78, 5) is 14.0. The van der Waals surface area contributed by atoms with Crippen molar-refractivity contribution >= 4 is 23.6 Å². The predicted octanol–water partition coefficient (Wildman–Crippen LogP) is 5.13. The molecule has 1 heterocycles. The van der Waals surface area contributed by atoms with Crippen molar-refractivity contribution in [2.45, 2.75) is 19.0 Å². The molecule has 0 unspecified atom stereocenters. The van der Waals surface area contributed by atoms with Gasteiger partial charge in [0.2, 0.25) is 5.88 Å². The number of aliphatic carboxylic acids is 1. The molecule has 2 rings (SSSR count). The van der Waals surface area contributed by atoms with E-state index in [4.69, 9.17) is 21.4 Å². The Kier molecular flexibility index (Phi) is 6.10. The molecule has 0 aliphatic heterocycles. The third-order valence-corrected chi connectivity index (χ3v) is 3.44. The number of pyridine rings is 1. The highest BCUT2D eigenvalue weighted by Crippen LogP contribution is 2.35. The first kappa shape index (κ1) is 19.6. The van der Waals surface area contributed by atoms with Crippen molar-refractivity contribution in [2.75, 3.05) is 0 Å². The minimum Gasteiger partial charge on any atom is -0.507 e. The van der Waals surface area contributed by atoms with Gasteiger partial charge in [0.15, 0.2) is 0 Å². The topological polar surface area (TPSA) is 79.7 Å². The van der Waals surface area contributed by atoms with Gasteiger partial charge in [-0.3, -0.25) is 4.79 Å². The Hall–Kier alpha value is -2.74. The zero-order valence-corrected chi connectivity index (χ0v) is 13.9. The van der Waals surface area contributed by atoms with Gasteiger partial charge in [-0.25, -0.2) is 4.98 Å². The molecule has 0 saturated heterocycles. The Morgan fingerprint density at radius 3 is 2.65 bits per heavy atom. The number of phenolic OH excluding ortho intramolecular Hbond substituents is 1. The van der Waals surface area contributed by atoms with Gasteiger partial charge < -0.3 is 14.9 Å². The van der Waals surface area contributed by atoms with E-state index in [0.717, 1.165) is 0 Å². The lowest BCUT2D eigenvalue weighted by molar-refractivity contribution is -0.138. The Balaban J connectivity index is 2.17. The number of aromatic nitrogens is 1. The van der Waals surface area contributed by atoms with Crippen LogP contribution in [0.3, 0.4) is 0 Å². The minimum absolute atomic E-state index is 0.0570. The van der Waals surface area contributed by atoms with Crippen LogP contribution in [-0.4, -0.2) is 21.2 Å². The fraction of sp³-hybridized carbons (Fsp3) is 0.176. The summed E-state index contributed by atoms with van der Waals surface area (Å²) in [6, 6.07) is 4.84. The molecule has 0 bridgehead atoms. The van der Waals surface area contributed by atoms with E-state index in [1.807, 2.05) is 0 Å². The van der Waals surface area contributed by atoms with E-state index in [9.17, 15) is 23.1 Å². The predicted molar refractivity (Wildman–Crippen MR) is 88.3 cm³/mol. The normalized spacial score (nSPS) is 11.7. The Morgan fingerprint density at radius 2 is 2.04 bits per heavy atom. The van der Waals surface area contributed by atoms with Crippen molar-refractivity contribution in [3.05, 3.63) is 52.7 Å². The third-order valence-electron chi connectivity index (χ3n) is 3.17. The van der Waals surface area contributed by atoms with Crippen LogP contribution in [0.5, 0.6) is 17.4 Å².